The van der Waals surface area contributed by atoms with Crippen molar-refractivity contribution in [3.63, 3.8) is 0 Å². The minimum atomic E-state index is -0.493. The lowest BCUT2D eigenvalue weighted by molar-refractivity contribution is 0.0492. The Kier molecular flexibility index (Phi) is 9.05. The number of hydrogen-bond donors (Lipinski definition) is 2. The zero-order valence-corrected chi connectivity index (χ0v) is 24.0. The molecule has 0 fully saturated rings. The van der Waals surface area contributed by atoms with Crippen molar-refractivity contribution in [2.75, 3.05) is 0 Å². The van der Waals surface area contributed by atoms with Gasteiger partial charge in [0.15, 0.2) is 0 Å². The lowest BCUT2D eigenvalue weighted by Gasteiger charge is -2.22. The molecule has 0 bridgehead atoms. The van der Waals surface area contributed by atoms with Crippen LogP contribution in [0.25, 0.3) is 0 Å². The average Bonchev–Trinajstić information content (AvgIpc) is 3.34. The van der Waals surface area contributed by atoms with Gasteiger partial charge in [0.05, 0.1) is 12.1 Å². The van der Waals surface area contributed by atoms with Crippen molar-refractivity contribution in [3.05, 3.63) is 68.7 Å². The van der Waals surface area contributed by atoms with Gasteiger partial charge in [0.1, 0.15) is 17.5 Å². The summed E-state index contributed by atoms with van der Waals surface area (Å²) in [6.07, 6.45) is 3.75. The van der Waals surface area contributed by atoms with Crippen molar-refractivity contribution in [2.24, 2.45) is 0 Å². The van der Waals surface area contributed by atoms with E-state index < -0.39 is 17.3 Å². The molecule has 200 valence electrons. The Hall–Kier alpha value is -2.87. The number of alkyl carbamates (subject to hydrolysis) is 2. The summed E-state index contributed by atoms with van der Waals surface area (Å²) in [7, 11) is 0. The van der Waals surface area contributed by atoms with Crippen LogP contribution in [0, 0.1) is 0 Å². The minimum Gasteiger partial charge on any atom is -0.444 e. The van der Waals surface area contributed by atoms with Crippen LogP contribution in [0.3, 0.4) is 0 Å². The fourth-order valence-electron chi connectivity index (χ4n) is 4.50. The zero-order chi connectivity index (χ0) is 27.4. The largest absolute Gasteiger partial charge is 0.444 e. The molecule has 0 spiro atoms. The van der Waals surface area contributed by atoms with Crippen LogP contribution in [0.4, 0.5) is 9.59 Å². The van der Waals surface area contributed by atoms with Gasteiger partial charge < -0.3 is 20.1 Å². The highest BCUT2D eigenvalue weighted by Gasteiger charge is 2.27. The number of amides is 2. The predicted octanol–water partition coefficient (Wildman–Crippen LogP) is 6.97. The van der Waals surface area contributed by atoms with E-state index >= 15 is 0 Å². The predicted molar refractivity (Wildman–Crippen MR) is 147 cm³/mol. The molecule has 4 rings (SSSR count). The number of carbonyl (C=O) groups excluding carboxylic acids is 3. The van der Waals surface area contributed by atoms with Crippen molar-refractivity contribution >= 4 is 34.4 Å². The Morgan fingerprint density at radius 1 is 0.811 bits per heavy atom. The van der Waals surface area contributed by atoms with Gasteiger partial charge in [-0.2, -0.15) is 0 Å². The number of halogens is 1. The number of aryl methyl sites for hydroxylation is 2. The van der Waals surface area contributed by atoms with E-state index in [1.807, 2.05) is 59.7 Å². The zero-order valence-electron chi connectivity index (χ0n) is 22.4. The summed E-state index contributed by atoms with van der Waals surface area (Å²) in [6.45, 7) is 11.1. The van der Waals surface area contributed by atoms with E-state index in [0.29, 0.717) is 5.56 Å². The average molecular weight is 574 g/mol. The van der Waals surface area contributed by atoms with Gasteiger partial charge in [-0.15, -0.1) is 0 Å². The first-order valence-corrected chi connectivity index (χ1v) is 13.4. The topological polar surface area (TPSA) is 93.7 Å². The molecule has 0 heterocycles. The Labute approximate surface area is 227 Å². The quantitative estimate of drug-likeness (QED) is 0.387. The summed E-state index contributed by atoms with van der Waals surface area (Å²) in [5.74, 6) is 0. The van der Waals surface area contributed by atoms with Gasteiger partial charge >= 0.3 is 12.2 Å². The Balaban J connectivity index is 0.000000206. The van der Waals surface area contributed by atoms with Gasteiger partial charge in [0, 0.05) is 10.0 Å². The molecule has 37 heavy (non-hydrogen) atoms. The van der Waals surface area contributed by atoms with E-state index in [4.69, 9.17) is 9.47 Å². The molecule has 0 unspecified atom stereocenters. The normalized spacial score (nSPS) is 18.0. The van der Waals surface area contributed by atoms with Crippen molar-refractivity contribution in [1.82, 2.24) is 10.6 Å². The first-order chi connectivity index (χ1) is 17.2. The summed E-state index contributed by atoms with van der Waals surface area (Å²) in [6, 6.07) is 11.8. The summed E-state index contributed by atoms with van der Waals surface area (Å²) in [4.78, 5) is 34.2. The van der Waals surface area contributed by atoms with E-state index in [1.165, 1.54) is 11.1 Å². The smallest absolute Gasteiger partial charge is 0.408 e. The van der Waals surface area contributed by atoms with E-state index in [1.54, 1.807) is 6.07 Å². The van der Waals surface area contributed by atoms with E-state index in [0.717, 1.165) is 47.6 Å². The van der Waals surface area contributed by atoms with Crippen LogP contribution in [-0.2, 0) is 22.3 Å². The molecule has 0 saturated carbocycles. The fourth-order valence-corrected chi connectivity index (χ4v) is 4.90. The second-order valence-electron chi connectivity index (χ2n) is 11.4. The van der Waals surface area contributed by atoms with Gasteiger partial charge in [-0.1, -0.05) is 34.1 Å². The molecule has 8 heteroatoms. The number of aldehydes is 1. The highest BCUT2D eigenvalue weighted by atomic mass is 79.9. The van der Waals surface area contributed by atoms with Crippen LogP contribution < -0.4 is 10.6 Å². The molecule has 2 aliphatic carbocycles. The highest BCUT2D eigenvalue weighted by molar-refractivity contribution is 9.10. The summed E-state index contributed by atoms with van der Waals surface area (Å²) in [5, 5.41) is 5.81. The number of nitrogens with one attached hydrogen (secondary N) is 2. The third-order valence-corrected chi connectivity index (χ3v) is 6.44. The van der Waals surface area contributed by atoms with E-state index in [2.05, 4.69) is 38.7 Å². The van der Waals surface area contributed by atoms with Crippen molar-refractivity contribution < 1.29 is 23.9 Å². The second kappa shape index (κ2) is 11.7. The first-order valence-electron chi connectivity index (χ1n) is 12.6. The molecular weight excluding hydrogens is 536 g/mol. The molecule has 2 aromatic rings. The molecule has 2 N–H and O–H groups in total. The van der Waals surface area contributed by atoms with Crippen LogP contribution in [0.15, 0.2) is 40.9 Å². The van der Waals surface area contributed by atoms with Gasteiger partial charge in [0.2, 0.25) is 0 Å². The third-order valence-electron chi connectivity index (χ3n) is 5.95. The number of fused-ring (bicyclic) bond motifs is 2. The summed E-state index contributed by atoms with van der Waals surface area (Å²) >= 11 is 3.46. The lowest BCUT2D eigenvalue weighted by atomic mass is 10.1. The highest BCUT2D eigenvalue weighted by Crippen LogP contribution is 2.33. The summed E-state index contributed by atoms with van der Waals surface area (Å²) < 4.78 is 11.6. The molecule has 7 nitrogen and oxygen atoms in total. The summed E-state index contributed by atoms with van der Waals surface area (Å²) in [5.41, 5.74) is 4.44. The maximum absolute atomic E-state index is 11.8. The minimum absolute atomic E-state index is 0.0226. The van der Waals surface area contributed by atoms with Crippen LogP contribution in [0.5, 0.6) is 0 Å². The van der Waals surface area contributed by atoms with Gasteiger partial charge in [0.25, 0.3) is 0 Å². The SMILES string of the molecule is CC(C)(C)OC(=O)N[C@@H]1CCc2cc(Br)ccc21.CC(C)(C)OC(=O)N[C@@H]1CCc2cc(C=O)ccc21. The van der Waals surface area contributed by atoms with Crippen LogP contribution in [-0.4, -0.2) is 29.7 Å². The molecule has 0 aliphatic heterocycles. The number of carbonyl (C=O) groups is 3. The molecule has 0 saturated heterocycles. The molecule has 2 aliphatic rings. The van der Waals surface area contributed by atoms with Crippen molar-refractivity contribution in [3.8, 4) is 0 Å². The molecule has 2 atom stereocenters. The van der Waals surface area contributed by atoms with Crippen LogP contribution >= 0.6 is 15.9 Å². The second-order valence-corrected chi connectivity index (χ2v) is 12.3. The molecule has 0 aromatic heterocycles. The molecule has 2 amide bonds. The number of rotatable bonds is 3. The maximum Gasteiger partial charge on any atom is 0.408 e. The standard InChI is InChI=1S/C15H19NO3.C14H18BrNO2/c1-15(2,3)19-14(18)16-13-7-5-11-8-10(9-17)4-6-12(11)13;1-14(2,3)18-13(17)16-12-7-4-9-8-10(15)5-6-11(9)12/h4,6,8-9,13H,5,7H2,1-3H3,(H,16,18);5-6,8,12H,4,7H2,1-3H3,(H,16,17)/t13-;12-/m11/s1. The van der Waals surface area contributed by atoms with Crippen molar-refractivity contribution in [1.29, 1.82) is 0 Å². The Bertz CT molecular complexity index is 1150. The molecular formula is C29H37BrN2O5. The van der Waals surface area contributed by atoms with Gasteiger partial charge in [-0.25, -0.2) is 9.59 Å². The van der Waals surface area contributed by atoms with E-state index in [9.17, 15) is 14.4 Å². The fraction of sp³-hybridized carbons (Fsp3) is 0.483. The lowest BCUT2D eigenvalue weighted by Crippen LogP contribution is -2.34. The molecule has 0 radical (unpaired) electrons. The molecule has 2 aromatic carbocycles. The Morgan fingerprint density at radius 2 is 1.27 bits per heavy atom. The van der Waals surface area contributed by atoms with E-state index in [-0.39, 0.29) is 18.2 Å². The maximum atomic E-state index is 11.8. The van der Waals surface area contributed by atoms with Crippen LogP contribution in [0.2, 0.25) is 0 Å². The third kappa shape index (κ3) is 8.59. The number of ether oxygens (including phenoxy) is 2. The van der Waals surface area contributed by atoms with Gasteiger partial charge in [-0.3, -0.25) is 4.79 Å². The van der Waals surface area contributed by atoms with Crippen molar-refractivity contribution in [2.45, 2.75) is 90.5 Å². The first kappa shape index (κ1) is 28.7. The Morgan fingerprint density at radius 3 is 1.73 bits per heavy atom. The monoisotopic (exact) mass is 572 g/mol. The van der Waals surface area contributed by atoms with Crippen LogP contribution in [0.1, 0.15) is 99.1 Å². The van der Waals surface area contributed by atoms with Gasteiger partial charge in [-0.05, 0) is 108 Å². The number of benzene rings is 2. The number of hydrogen-bond acceptors (Lipinski definition) is 5.